The lowest BCUT2D eigenvalue weighted by Crippen LogP contribution is -2.32. The first-order valence-corrected chi connectivity index (χ1v) is 4.26. The number of nitrogens with one attached hydrogen (secondary N) is 2. The van der Waals surface area contributed by atoms with Gasteiger partial charge in [-0.05, 0) is 0 Å². The molecule has 0 aliphatic carbocycles. The maximum atomic E-state index is 8.42. The van der Waals surface area contributed by atoms with E-state index in [9.17, 15) is 0 Å². The fourth-order valence-electron chi connectivity index (χ4n) is 0.770. The average molecular weight is 181 g/mol. The lowest BCUT2D eigenvalue weighted by Gasteiger charge is -2.04. The third-order valence-electron chi connectivity index (χ3n) is 1.46. The fraction of sp³-hybridized carbons (Fsp3) is 0.750. The average Bonchev–Trinajstić information content (AvgIpc) is 2.17. The van der Waals surface area contributed by atoms with Gasteiger partial charge in [0.15, 0.2) is 0 Å². The molecule has 0 spiro atoms. The van der Waals surface area contributed by atoms with E-state index in [1.807, 2.05) is 12.1 Å². The highest BCUT2D eigenvalue weighted by Crippen LogP contribution is 1.86. The van der Waals surface area contributed by atoms with Crippen molar-refractivity contribution < 1.29 is 0 Å². The van der Waals surface area contributed by atoms with Crippen molar-refractivity contribution in [2.45, 2.75) is 0 Å². The van der Waals surface area contributed by atoms with Crippen LogP contribution in [0.25, 0.3) is 0 Å². The largest absolute Gasteiger partial charge is 0.329 e. The van der Waals surface area contributed by atoms with Gasteiger partial charge >= 0.3 is 0 Å². The van der Waals surface area contributed by atoms with Crippen molar-refractivity contribution in [2.75, 3.05) is 32.7 Å². The molecule has 0 saturated heterocycles. The molecule has 0 unspecified atom stereocenters. The van der Waals surface area contributed by atoms with Crippen molar-refractivity contribution in [3.05, 3.63) is 0 Å². The fourth-order valence-corrected chi connectivity index (χ4v) is 0.770. The Kier molecular flexibility index (Phi) is 8.17. The van der Waals surface area contributed by atoms with Crippen LogP contribution in [0.3, 0.4) is 0 Å². The van der Waals surface area contributed by atoms with Crippen LogP contribution in [-0.4, -0.2) is 32.7 Å². The number of nitrogens with zero attached hydrogens (tertiary/aromatic N) is 2. The second-order valence-electron chi connectivity index (χ2n) is 2.55. The van der Waals surface area contributed by atoms with Crippen molar-refractivity contribution in [3.63, 3.8) is 0 Å². The van der Waals surface area contributed by atoms with Gasteiger partial charge in [-0.1, -0.05) is 0 Å². The van der Waals surface area contributed by atoms with E-state index >= 15 is 0 Å². The number of rotatable bonds is 7. The van der Waals surface area contributed by atoms with Gasteiger partial charge in [0.05, 0.1) is 12.1 Å². The molecule has 0 bridgehead atoms. The molecule has 4 N–H and O–H groups in total. The Labute approximate surface area is 78.5 Å². The molecule has 0 aliphatic heterocycles. The zero-order valence-corrected chi connectivity index (χ0v) is 7.58. The van der Waals surface area contributed by atoms with Crippen LogP contribution in [-0.2, 0) is 0 Å². The second-order valence-corrected chi connectivity index (χ2v) is 2.55. The molecule has 0 aromatic rings. The molecule has 5 heteroatoms. The van der Waals surface area contributed by atoms with Gasteiger partial charge in [-0.15, -0.1) is 0 Å². The Morgan fingerprint density at radius 3 is 2.23 bits per heavy atom. The summed E-state index contributed by atoms with van der Waals surface area (Å²) in [5, 5.41) is 22.9. The van der Waals surface area contributed by atoms with Gasteiger partial charge in [0.1, 0.15) is 5.92 Å². The van der Waals surface area contributed by atoms with Crippen LogP contribution in [0.5, 0.6) is 0 Å². The van der Waals surface area contributed by atoms with Crippen molar-refractivity contribution >= 4 is 0 Å². The number of nitriles is 2. The van der Waals surface area contributed by atoms with Crippen LogP contribution in [0.1, 0.15) is 0 Å². The Balaban J connectivity index is 3.17. The summed E-state index contributed by atoms with van der Waals surface area (Å²) in [7, 11) is 0. The molecule has 0 saturated carbocycles. The normalized spacial score (nSPS) is 9.54. The van der Waals surface area contributed by atoms with Crippen LogP contribution < -0.4 is 16.4 Å². The standard InChI is InChI=1S/C8H15N5/c9-1-2-12-3-4-13-7-8(5-10)6-11/h8,12-13H,1-4,7,9H2. The molecule has 0 aromatic heterocycles. The SMILES string of the molecule is N#CC(C#N)CNCCNCCN. The maximum absolute atomic E-state index is 8.42. The predicted octanol–water partition coefficient (Wildman–Crippen LogP) is -1.21. The highest BCUT2D eigenvalue weighted by molar-refractivity contribution is 4.99. The maximum Gasteiger partial charge on any atom is 0.145 e. The third-order valence-corrected chi connectivity index (χ3v) is 1.46. The van der Waals surface area contributed by atoms with Crippen molar-refractivity contribution in [2.24, 2.45) is 11.7 Å². The summed E-state index contributed by atoms with van der Waals surface area (Å²) in [5.74, 6) is -0.547. The predicted molar refractivity (Wildman–Crippen MR) is 49.5 cm³/mol. The zero-order valence-electron chi connectivity index (χ0n) is 7.58. The zero-order chi connectivity index (χ0) is 9.94. The second kappa shape index (κ2) is 8.95. The molecule has 0 fully saturated rings. The molecule has 0 atom stereocenters. The van der Waals surface area contributed by atoms with Gasteiger partial charge < -0.3 is 16.4 Å². The van der Waals surface area contributed by atoms with Crippen molar-refractivity contribution in [1.82, 2.24) is 10.6 Å². The van der Waals surface area contributed by atoms with Gasteiger partial charge in [0.2, 0.25) is 0 Å². The Bertz CT molecular complexity index is 176. The highest BCUT2D eigenvalue weighted by atomic mass is 14.9. The van der Waals surface area contributed by atoms with Gasteiger partial charge in [-0.2, -0.15) is 10.5 Å². The van der Waals surface area contributed by atoms with E-state index < -0.39 is 5.92 Å². The van der Waals surface area contributed by atoms with Crippen molar-refractivity contribution in [3.8, 4) is 12.1 Å². The van der Waals surface area contributed by atoms with E-state index in [0.29, 0.717) is 13.1 Å². The van der Waals surface area contributed by atoms with E-state index in [1.54, 1.807) is 0 Å². The molecule has 0 heterocycles. The third kappa shape index (κ3) is 7.23. The van der Waals surface area contributed by atoms with Gasteiger partial charge in [0, 0.05) is 32.7 Å². The summed E-state index contributed by atoms with van der Waals surface area (Å²) in [6, 6.07) is 3.78. The Morgan fingerprint density at radius 2 is 1.69 bits per heavy atom. The smallest absolute Gasteiger partial charge is 0.145 e. The topological polar surface area (TPSA) is 97.7 Å². The van der Waals surface area contributed by atoms with E-state index in [0.717, 1.165) is 19.6 Å². The van der Waals surface area contributed by atoms with Gasteiger partial charge in [-0.25, -0.2) is 0 Å². The number of hydrogen-bond donors (Lipinski definition) is 3. The summed E-state index contributed by atoms with van der Waals surface area (Å²) in [4.78, 5) is 0. The van der Waals surface area contributed by atoms with Crippen LogP contribution in [0, 0.1) is 28.6 Å². The summed E-state index contributed by atoms with van der Waals surface area (Å²) >= 11 is 0. The Morgan fingerprint density at radius 1 is 1.08 bits per heavy atom. The van der Waals surface area contributed by atoms with E-state index in [4.69, 9.17) is 16.3 Å². The molecule has 13 heavy (non-hydrogen) atoms. The molecule has 0 amide bonds. The molecule has 0 radical (unpaired) electrons. The molecular formula is C8H15N5. The lowest BCUT2D eigenvalue weighted by molar-refractivity contribution is 0.594. The molecule has 0 aliphatic rings. The highest BCUT2D eigenvalue weighted by Gasteiger charge is 2.02. The first-order chi connectivity index (χ1) is 6.35. The minimum Gasteiger partial charge on any atom is -0.329 e. The first kappa shape index (κ1) is 11.9. The van der Waals surface area contributed by atoms with Crippen LogP contribution in [0.4, 0.5) is 0 Å². The van der Waals surface area contributed by atoms with Crippen molar-refractivity contribution in [1.29, 1.82) is 10.5 Å². The molecule has 0 rings (SSSR count). The van der Waals surface area contributed by atoms with Gasteiger partial charge in [0.25, 0.3) is 0 Å². The molecule has 0 aromatic carbocycles. The van der Waals surface area contributed by atoms with E-state index in [1.165, 1.54) is 0 Å². The number of nitrogens with two attached hydrogens (primary N) is 1. The summed E-state index contributed by atoms with van der Waals surface area (Å²) < 4.78 is 0. The minimum absolute atomic E-state index is 0.428. The summed E-state index contributed by atoms with van der Waals surface area (Å²) in [5.41, 5.74) is 5.27. The first-order valence-electron chi connectivity index (χ1n) is 4.26. The monoisotopic (exact) mass is 181 g/mol. The summed E-state index contributed by atoms with van der Waals surface area (Å²) in [6.45, 7) is 3.40. The van der Waals surface area contributed by atoms with Crippen LogP contribution >= 0.6 is 0 Å². The minimum atomic E-state index is -0.547. The van der Waals surface area contributed by atoms with E-state index in [-0.39, 0.29) is 0 Å². The molecular weight excluding hydrogens is 166 g/mol. The number of hydrogen-bond acceptors (Lipinski definition) is 5. The summed E-state index contributed by atoms with van der Waals surface area (Å²) in [6.07, 6.45) is 0. The quantitative estimate of drug-likeness (QED) is 0.428. The Hall–Kier alpha value is -1.14. The lowest BCUT2D eigenvalue weighted by atomic mass is 10.2. The van der Waals surface area contributed by atoms with Gasteiger partial charge in [-0.3, -0.25) is 0 Å². The van der Waals surface area contributed by atoms with E-state index in [2.05, 4.69) is 10.6 Å². The molecule has 5 nitrogen and oxygen atoms in total. The van der Waals surface area contributed by atoms with Crippen LogP contribution in [0.2, 0.25) is 0 Å². The van der Waals surface area contributed by atoms with Crippen LogP contribution in [0.15, 0.2) is 0 Å². The molecule has 72 valence electrons.